The number of rotatable bonds is 6. The largest absolute Gasteiger partial charge is 0.458 e. The highest BCUT2D eigenvalue weighted by Crippen LogP contribution is 2.25. The third-order valence-electron chi connectivity index (χ3n) is 2.70. The van der Waals surface area contributed by atoms with Gasteiger partial charge in [0.1, 0.15) is 17.3 Å². The number of carbonyl (C=O) groups is 1. The van der Waals surface area contributed by atoms with Crippen molar-refractivity contribution in [1.29, 1.82) is 0 Å². The Labute approximate surface area is 124 Å². The highest BCUT2D eigenvalue weighted by atomic mass is 16.6. The van der Waals surface area contributed by atoms with Gasteiger partial charge in [-0.15, -0.1) is 0 Å². The lowest BCUT2D eigenvalue weighted by molar-refractivity contribution is -0.384. The molecule has 1 aromatic carbocycles. The monoisotopic (exact) mass is 294 g/mol. The zero-order chi connectivity index (χ0) is 16.0. The van der Waals surface area contributed by atoms with Crippen LogP contribution in [0.1, 0.15) is 40.5 Å². The molecule has 1 rings (SSSR count). The van der Waals surface area contributed by atoms with E-state index >= 15 is 0 Å². The summed E-state index contributed by atoms with van der Waals surface area (Å²) in [6.45, 7) is 7.31. The first kappa shape index (κ1) is 16.9. The molecule has 0 aromatic heterocycles. The van der Waals surface area contributed by atoms with Gasteiger partial charge in [0.05, 0.1) is 4.92 Å². The first-order valence-electron chi connectivity index (χ1n) is 6.97. The molecule has 0 saturated carbocycles. The van der Waals surface area contributed by atoms with Crippen molar-refractivity contribution in [2.45, 2.75) is 52.2 Å². The van der Waals surface area contributed by atoms with Crippen molar-refractivity contribution in [2.24, 2.45) is 0 Å². The lowest BCUT2D eigenvalue weighted by atomic mass is 10.1. The van der Waals surface area contributed by atoms with Crippen molar-refractivity contribution in [2.75, 3.05) is 5.32 Å². The fourth-order valence-electron chi connectivity index (χ4n) is 1.85. The number of hydrogen-bond donors (Lipinski definition) is 1. The first-order chi connectivity index (χ1) is 9.74. The van der Waals surface area contributed by atoms with Gasteiger partial charge in [-0.1, -0.05) is 25.5 Å². The predicted octanol–water partition coefficient (Wildman–Crippen LogP) is 3.52. The highest BCUT2D eigenvalue weighted by molar-refractivity contribution is 5.81. The molecular weight excluding hydrogens is 272 g/mol. The van der Waals surface area contributed by atoms with Crippen molar-refractivity contribution in [3.8, 4) is 0 Å². The van der Waals surface area contributed by atoms with E-state index in [1.807, 2.05) is 6.92 Å². The summed E-state index contributed by atoms with van der Waals surface area (Å²) < 4.78 is 5.35. The Hall–Kier alpha value is -2.11. The summed E-state index contributed by atoms with van der Waals surface area (Å²) in [5, 5.41) is 13.9. The predicted molar refractivity (Wildman–Crippen MR) is 81.3 cm³/mol. The highest BCUT2D eigenvalue weighted by Gasteiger charge is 2.26. The van der Waals surface area contributed by atoms with Crippen LogP contribution in [0.25, 0.3) is 0 Å². The van der Waals surface area contributed by atoms with Crippen LogP contribution in [0.5, 0.6) is 0 Å². The smallest absolute Gasteiger partial charge is 0.329 e. The molecule has 0 bridgehead atoms. The van der Waals surface area contributed by atoms with E-state index in [0.29, 0.717) is 12.1 Å². The molecule has 0 heterocycles. The number of nitro benzene ring substituents is 1. The summed E-state index contributed by atoms with van der Waals surface area (Å²) in [6.07, 6.45) is 1.30. The molecule has 0 spiro atoms. The van der Waals surface area contributed by atoms with Gasteiger partial charge in [0.2, 0.25) is 0 Å². The normalized spacial score (nSPS) is 12.6. The Morgan fingerprint density at radius 1 is 1.38 bits per heavy atom. The van der Waals surface area contributed by atoms with Crippen LogP contribution in [0.15, 0.2) is 24.3 Å². The second kappa shape index (κ2) is 7.06. The minimum absolute atomic E-state index is 0.0536. The minimum Gasteiger partial charge on any atom is -0.458 e. The van der Waals surface area contributed by atoms with Gasteiger partial charge in [-0.25, -0.2) is 4.79 Å². The maximum absolute atomic E-state index is 12.2. The number of para-hydroxylation sites is 2. The fourth-order valence-corrected chi connectivity index (χ4v) is 1.85. The van der Waals surface area contributed by atoms with E-state index < -0.39 is 22.5 Å². The molecule has 21 heavy (non-hydrogen) atoms. The number of esters is 1. The molecule has 1 atom stereocenters. The van der Waals surface area contributed by atoms with Crippen molar-refractivity contribution in [3.63, 3.8) is 0 Å². The Kier molecular flexibility index (Phi) is 5.69. The van der Waals surface area contributed by atoms with Gasteiger partial charge in [-0.2, -0.15) is 0 Å². The molecule has 116 valence electrons. The molecule has 6 heteroatoms. The summed E-state index contributed by atoms with van der Waals surface area (Å²) in [5.74, 6) is -0.400. The number of benzene rings is 1. The quantitative estimate of drug-likeness (QED) is 0.493. The number of nitrogens with zero attached hydrogens (tertiary/aromatic N) is 1. The van der Waals surface area contributed by atoms with Crippen molar-refractivity contribution >= 4 is 17.3 Å². The molecule has 1 N–H and O–H groups in total. The van der Waals surface area contributed by atoms with Gasteiger partial charge in [0, 0.05) is 6.07 Å². The summed E-state index contributed by atoms with van der Waals surface area (Å²) in [4.78, 5) is 22.7. The van der Waals surface area contributed by atoms with E-state index in [1.54, 1.807) is 39.0 Å². The van der Waals surface area contributed by atoms with Crippen molar-refractivity contribution in [3.05, 3.63) is 34.4 Å². The van der Waals surface area contributed by atoms with E-state index in [1.165, 1.54) is 6.07 Å². The van der Waals surface area contributed by atoms with Crippen molar-refractivity contribution < 1.29 is 14.5 Å². The third kappa shape index (κ3) is 5.41. The van der Waals surface area contributed by atoms with E-state index in [-0.39, 0.29) is 5.69 Å². The zero-order valence-electron chi connectivity index (χ0n) is 12.9. The molecule has 0 aliphatic carbocycles. The lowest BCUT2D eigenvalue weighted by Crippen LogP contribution is -2.36. The molecule has 0 aliphatic heterocycles. The van der Waals surface area contributed by atoms with E-state index in [4.69, 9.17) is 4.74 Å². The summed E-state index contributed by atoms with van der Waals surface area (Å²) in [7, 11) is 0. The van der Waals surface area contributed by atoms with Crippen LogP contribution < -0.4 is 5.32 Å². The van der Waals surface area contributed by atoms with Gasteiger partial charge in [-0.05, 0) is 33.3 Å². The van der Waals surface area contributed by atoms with Crippen LogP contribution in [-0.2, 0) is 9.53 Å². The average molecular weight is 294 g/mol. The fraction of sp³-hybridized carbons (Fsp3) is 0.533. The van der Waals surface area contributed by atoms with Gasteiger partial charge in [0.15, 0.2) is 0 Å². The SMILES string of the molecule is CCC[C@H](Nc1ccccc1[N+](=O)[O-])C(=O)OC(C)(C)C. The minimum atomic E-state index is -0.602. The standard InChI is InChI=1S/C15H22N2O4/c1-5-8-12(14(18)21-15(2,3)4)16-11-9-6-7-10-13(11)17(19)20/h6-7,9-10,12,16H,5,8H2,1-4H3/t12-/m0/s1. The third-order valence-corrected chi connectivity index (χ3v) is 2.70. The molecule has 0 saturated heterocycles. The summed E-state index contributed by atoms with van der Waals surface area (Å²) in [6, 6.07) is 5.67. The second-order valence-corrected chi connectivity index (χ2v) is 5.79. The first-order valence-corrected chi connectivity index (χ1v) is 6.97. The maximum Gasteiger partial charge on any atom is 0.329 e. The van der Waals surface area contributed by atoms with Crippen LogP contribution in [0, 0.1) is 10.1 Å². The van der Waals surface area contributed by atoms with Gasteiger partial charge < -0.3 is 10.1 Å². The Balaban J connectivity index is 2.93. The van der Waals surface area contributed by atoms with Crippen LogP contribution >= 0.6 is 0 Å². The molecule has 0 unspecified atom stereocenters. The van der Waals surface area contributed by atoms with Crippen LogP contribution in [0.4, 0.5) is 11.4 Å². The number of anilines is 1. The lowest BCUT2D eigenvalue weighted by Gasteiger charge is -2.24. The molecule has 6 nitrogen and oxygen atoms in total. The van der Waals surface area contributed by atoms with E-state index in [2.05, 4.69) is 5.32 Å². The molecule has 0 amide bonds. The van der Waals surface area contributed by atoms with E-state index in [9.17, 15) is 14.9 Å². The number of ether oxygens (including phenoxy) is 1. The number of nitro groups is 1. The molecule has 1 aromatic rings. The second-order valence-electron chi connectivity index (χ2n) is 5.79. The Bertz CT molecular complexity index is 509. The maximum atomic E-state index is 12.2. The molecule has 0 radical (unpaired) electrons. The summed E-state index contributed by atoms with van der Waals surface area (Å²) in [5.41, 5.74) is -0.318. The zero-order valence-corrected chi connectivity index (χ0v) is 12.9. The number of nitrogens with one attached hydrogen (secondary N) is 1. The van der Waals surface area contributed by atoms with Crippen LogP contribution in [0.2, 0.25) is 0 Å². The van der Waals surface area contributed by atoms with Crippen LogP contribution in [-0.4, -0.2) is 22.5 Å². The summed E-state index contributed by atoms with van der Waals surface area (Å²) >= 11 is 0. The van der Waals surface area contributed by atoms with Gasteiger partial charge in [0.25, 0.3) is 5.69 Å². The average Bonchev–Trinajstić information content (AvgIpc) is 2.36. The van der Waals surface area contributed by atoms with E-state index in [0.717, 1.165) is 6.42 Å². The van der Waals surface area contributed by atoms with Crippen LogP contribution in [0.3, 0.4) is 0 Å². The number of hydrogen-bond acceptors (Lipinski definition) is 5. The van der Waals surface area contributed by atoms with Crippen molar-refractivity contribution in [1.82, 2.24) is 0 Å². The Morgan fingerprint density at radius 3 is 2.52 bits per heavy atom. The van der Waals surface area contributed by atoms with Gasteiger partial charge >= 0.3 is 5.97 Å². The number of carbonyl (C=O) groups excluding carboxylic acids is 1. The Morgan fingerprint density at radius 2 is 2.00 bits per heavy atom. The molecule has 0 aliphatic rings. The van der Waals surface area contributed by atoms with Gasteiger partial charge in [-0.3, -0.25) is 10.1 Å². The molecule has 0 fully saturated rings. The molecular formula is C15H22N2O4. The topological polar surface area (TPSA) is 81.5 Å².